The van der Waals surface area contributed by atoms with E-state index in [-0.39, 0.29) is 0 Å². The number of benzene rings is 2. The van der Waals surface area contributed by atoms with Crippen molar-refractivity contribution in [3.8, 4) is 11.1 Å². The minimum atomic E-state index is 0.334. The van der Waals surface area contributed by atoms with E-state index in [9.17, 15) is 0 Å². The van der Waals surface area contributed by atoms with Crippen LogP contribution in [0.2, 0.25) is 0 Å². The summed E-state index contributed by atoms with van der Waals surface area (Å²) in [6.07, 6.45) is 3.54. The molecule has 2 nitrogen and oxygen atoms in total. The zero-order valence-corrected chi connectivity index (χ0v) is 11.7. The summed E-state index contributed by atoms with van der Waals surface area (Å²) in [6, 6.07) is 19.4. The Bertz CT molecular complexity index is 535. The second-order valence-corrected chi connectivity index (χ2v) is 5.57. The van der Waals surface area contributed by atoms with Crippen LogP contribution in [0.1, 0.15) is 24.8 Å². The maximum atomic E-state index is 5.92. The van der Waals surface area contributed by atoms with Crippen molar-refractivity contribution in [1.82, 2.24) is 0 Å². The van der Waals surface area contributed by atoms with Gasteiger partial charge in [-0.05, 0) is 36.0 Å². The van der Waals surface area contributed by atoms with E-state index in [0.29, 0.717) is 18.8 Å². The van der Waals surface area contributed by atoms with Crippen LogP contribution in [0, 0.1) is 0 Å². The normalized spacial score (nSPS) is 22.1. The molecule has 3 rings (SSSR count). The highest BCUT2D eigenvalue weighted by molar-refractivity contribution is 5.63. The number of ether oxygens (including phenoxy) is 1. The van der Waals surface area contributed by atoms with Crippen molar-refractivity contribution in [2.45, 2.75) is 38.0 Å². The molecule has 0 aliphatic heterocycles. The third-order valence-corrected chi connectivity index (χ3v) is 3.97. The van der Waals surface area contributed by atoms with E-state index < -0.39 is 0 Å². The average Bonchev–Trinajstić information content (AvgIpc) is 2.92. The van der Waals surface area contributed by atoms with E-state index in [4.69, 9.17) is 10.5 Å². The molecule has 1 unspecified atom stereocenters. The first-order chi connectivity index (χ1) is 9.81. The smallest absolute Gasteiger partial charge is 0.0720 e. The first-order valence-electron chi connectivity index (χ1n) is 7.33. The molecule has 0 saturated heterocycles. The molecule has 2 aromatic rings. The number of rotatable bonds is 4. The molecule has 20 heavy (non-hydrogen) atoms. The van der Waals surface area contributed by atoms with Crippen LogP contribution in [0.3, 0.4) is 0 Å². The van der Waals surface area contributed by atoms with Crippen molar-refractivity contribution in [3.63, 3.8) is 0 Å². The second kappa shape index (κ2) is 6.21. The Kier molecular flexibility index (Phi) is 4.14. The highest BCUT2D eigenvalue weighted by Gasteiger charge is 2.21. The molecule has 2 aromatic carbocycles. The van der Waals surface area contributed by atoms with Gasteiger partial charge in [-0.25, -0.2) is 0 Å². The fourth-order valence-corrected chi connectivity index (χ4v) is 2.76. The first kappa shape index (κ1) is 13.3. The molecule has 104 valence electrons. The van der Waals surface area contributed by atoms with Crippen molar-refractivity contribution in [2.75, 3.05) is 0 Å². The number of hydrogen-bond donors (Lipinski definition) is 1. The van der Waals surface area contributed by atoms with Gasteiger partial charge in [-0.3, -0.25) is 0 Å². The van der Waals surface area contributed by atoms with Gasteiger partial charge in [0.15, 0.2) is 0 Å². The zero-order valence-electron chi connectivity index (χ0n) is 11.7. The lowest BCUT2D eigenvalue weighted by Crippen LogP contribution is -2.17. The van der Waals surface area contributed by atoms with Crippen LogP contribution < -0.4 is 5.73 Å². The monoisotopic (exact) mass is 267 g/mol. The third-order valence-electron chi connectivity index (χ3n) is 3.97. The highest BCUT2D eigenvalue weighted by atomic mass is 16.5. The first-order valence-corrected chi connectivity index (χ1v) is 7.33. The Balaban J connectivity index is 1.59. The molecule has 0 radical (unpaired) electrons. The third kappa shape index (κ3) is 3.27. The van der Waals surface area contributed by atoms with Gasteiger partial charge in [0.25, 0.3) is 0 Å². The minimum Gasteiger partial charge on any atom is -0.373 e. The predicted octanol–water partition coefficient (Wildman–Crippen LogP) is 3.75. The van der Waals surface area contributed by atoms with E-state index in [1.54, 1.807) is 0 Å². The number of hydrogen-bond acceptors (Lipinski definition) is 2. The Morgan fingerprint density at radius 2 is 1.60 bits per heavy atom. The van der Waals surface area contributed by atoms with E-state index in [2.05, 4.69) is 48.5 Å². The van der Waals surface area contributed by atoms with Gasteiger partial charge in [-0.2, -0.15) is 0 Å². The molecule has 0 aromatic heterocycles. The topological polar surface area (TPSA) is 35.2 Å². The Labute approximate surface area is 120 Å². The summed E-state index contributed by atoms with van der Waals surface area (Å²) in [4.78, 5) is 0. The summed E-state index contributed by atoms with van der Waals surface area (Å²) in [5, 5.41) is 0. The predicted molar refractivity (Wildman–Crippen MR) is 82.3 cm³/mol. The second-order valence-electron chi connectivity index (χ2n) is 5.57. The quantitative estimate of drug-likeness (QED) is 0.915. The summed E-state index contributed by atoms with van der Waals surface area (Å²) in [7, 11) is 0. The molecule has 2 atom stereocenters. The summed E-state index contributed by atoms with van der Waals surface area (Å²) in [5.41, 5.74) is 9.62. The lowest BCUT2D eigenvalue weighted by molar-refractivity contribution is 0.0448. The van der Waals surface area contributed by atoms with E-state index in [0.717, 1.165) is 19.3 Å². The molecule has 2 heteroatoms. The fraction of sp³-hybridized carbons (Fsp3) is 0.333. The van der Waals surface area contributed by atoms with E-state index >= 15 is 0 Å². The molecule has 0 bridgehead atoms. The molecule has 0 heterocycles. The van der Waals surface area contributed by atoms with Crippen LogP contribution in [0.15, 0.2) is 54.6 Å². The fourth-order valence-electron chi connectivity index (χ4n) is 2.76. The molecule has 0 spiro atoms. The molecule has 1 fully saturated rings. The van der Waals surface area contributed by atoms with Crippen LogP contribution >= 0.6 is 0 Å². The molecule has 1 aliphatic rings. The lowest BCUT2D eigenvalue weighted by Gasteiger charge is -2.12. The van der Waals surface area contributed by atoms with Gasteiger partial charge in [0.05, 0.1) is 12.7 Å². The van der Waals surface area contributed by atoms with Crippen LogP contribution in [-0.4, -0.2) is 12.1 Å². The van der Waals surface area contributed by atoms with Crippen molar-refractivity contribution >= 4 is 0 Å². The molecule has 2 N–H and O–H groups in total. The van der Waals surface area contributed by atoms with Gasteiger partial charge in [-0.15, -0.1) is 0 Å². The lowest BCUT2D eigenvalue weighted by atomic mass is 10.0. The maximum Gasteiger partial charge on any atom is 0.0720 e. The van der Waals surface area contributed by atoms with Gasteiger partial charge in [-0.1, -0.05) is 54.6 Å². The largest absolute Gasteiger partial charge is 0.373 e. The van der Waals surface area contributed by atoms with Crippen LogP contribution in [0.4, 0.5) is 0 Å². The average molecular weight is 267 g/mol. The minimum absolute atomic E-state index is 0.334. The van der Waals surface area contributed by atoms with E-state index in [1.165, 1.54) is 16.7 Å². The SMILES string of the molecule is N[C@H]1CCC(OCc2ccc(-c3ccccc3)cc2)C1. The van der Waals surface area contributed by atoms with Crippen molar-refractivity contribution in [2.24, 2.45) is 5.73 Å². The molecule has 1 saturated carbocycles. The molecule has 0 amide bonds. The van der Waals surface area contributed by atoms with Crippen molar-refractivity contribution in [3.05, 3.63) is 60.2 Å². The molecular formula is C18H21NO. The Morgan fingerprint density at radius 1 is 0.900 bits per heavy atom. The van der Waals surface area contributed by atoms with Crippen molar-refractivity contribution < 1.29 is 4.74 Å². The Hall–Kier alpha value is -1.64. The molecular weight excluding hydrogens is 246 g/mol. The highest BCUT2D eigenvalue weighted by Crippen LogP contribution is 2.23. The van der Waals surface area contributed by atoms with Crippen LogP contribution in [0.5, 0.6) is 0 Å². The van der Waals surface area contributed by atoms with Crippen molar-refractivity contribution in [1.29, 1.82) is 0 Å². The van der Waals surface area contributed by atoms with Gasteiger partial charge >= 0.3 is 0 Å². The summed E-state index contributed by atoms with van der Waals surface area (Å²) in [6.45, 7) is 0.687. The van der Waals surface area contributed by atoms with Gasteiger partial charge in [0.2, 0.25) is 0 Å². The maximum absolute atomic E-state index is 5.92. The Morgan fingerprint density at radius 3 is 2.25 bits per heavy atom. The van der Waals surface area contributed by atoms with Gasteiger partial charge in [0.1, 0.15) is 0 Å². The van der Waals surface area contributed by atoms with Crippen LogP contribution in [-0.2, 0) is 11.3 Å². The zero-order chi connectivity index (χ0) is 13.8. The molecule has 1 aliphatic carbocycles. The standard InChI is InChI=1S/C18H21NO/c19-17-10-11-18(12-17)20-13-14-6-8-16(9-7-14)15-4-2-1-3-5-15/h1-9,17-18H,10-13,19H2/t17-,18?/m0/s1. The summed E-state index contributed by atoms with van der Waals surface area (Å²) >= 11 is 0. The number of nitrogens with two attached hydrogens (primary N) is 1. The van der Waals surface area contributed by atoms with Gasteiger partial charge < -0.3 is 10.5 Å². The van der Waals surface area contributed by atoms with E-state index in [1.807, 2.05) is 6.07 Å². The summed E-state index contributed by atoms with van der Waals surface area (Å²) < 4.78 is 5.92. The van der Waals surface area contributed by atoms with Crippen LogP contribution in [0.25, 0.3) is 11.1 Å². The summed E-state index contributed by atoms with van der Waals surface area (Å²) in [5.74, 6) is 0. The van der Waals surface area contributed by atoms with Gasteiger partial charge in [0, 0.05) is 6.04 Å².